The minimum absolute atomic E-state index is 0.00226. The van der Waals surface area contributed by atoms with Crippen LogP contribution in [0.3, 0.4) is 0 Å². The summed E-state index contributed by atoms with van der Waals surface area (Å²) in [6, 6.07) is 42.0. The average Bonchev–Trinajstić information content (AvgIpc) is 3.46. The van der Waals surface area contributed by atoms with Crippen LogP contribution in [0.15, 0.2) is 133 Å². The molecule has 0 saturated heterocycles. The lowest BCUT2D eigenvalue weighted by Gasteiger charge is -2.46. The molecule has 0 radical (unpaired) electrons. The molecule has 0 amide bonds. The van der Waals surface area contributed by atoms with Crippen molar-refractivity contribution in [3.05, 3.63) is 200 Å². The van der Waals surface area contributed by atoms with E-state index in [1.165, 1.54) is 111 Å². The summed E-state index contributed by atoms with van der Waals surface area (Å²) >= 11 is 0. The molecular formula is C59H69BN2. The highest BCUT2D eigenvalue weighted by Gasteiger charge is 2.43. The molecule has 0 saturated carbocycles. The molecule has 0 aromatic heterocycles. The Morgan fingerprint density at radius 1 is 0.452 bits per heavy atom. The summed E-state index contributed by atoms with van der Waals surface area (Å²) in [5, 5.41) is 0. The fourth-order valence-corrected chi connectivity index (χ4v) is 11.3. The van der Waals surface area contributed by atoms with Crippen molar-refractivity contribution in [1.29, 1.82) is 0 Å². The monoisotopic (exact) mass is 817 g/mol. The van der Waals surface area contributed by atoms with Gasteiger partial charge in [0.25, 0.3) is 0 Å². The van der Waals surface area contributed by atoms with E-state index in [9.17, 15) is 0 Å². The van der Waals surface area contributed by atoms with Crippen LogP contribution in [0.1, 0.15) is 94.5 Å². The Hall–Kier alpha value is -5.67. The molecule has 2 aliphatic heterocycles. The van der Waals surface area contributed by atoms with Crippen molar-refractivity contribution >= 4 is 45.1 Å². The van der Waals surface area contributed by atoms with Gasteiger partial charge in [0, 0.05) is 41.6 Å². The fourth-order valence-electron chi connectivity index (χ4n) is 11.3. The third-order valence-electron chi connectivity index (χ3n) is 13.9. The van der Waals surface area contributed by atoms with Gasteiger partial charge in [-0.15, -0.1) is 0 Å². The van der Waals surface area contributed by atoms with Gasteiger partial charge in [0.05, 0.1) is 5.41 Å². The van der Waals surface area contributed by atoms with E-state index in [-0.39, 0.29) is 10.8 Å². The van der Waals surface area contributed by atoms with Gasteiger partial charge in [0.15, 0.2) is 5.71 Å². The molecule has 2 heterocycles. The molecule has 0 aliphatic carbocycles. The zero-order valence-electron chi connectivity index (χ0n) is 40.6. The molecular weight excluding hydrogens is 747 g/mol. The normalized spacial score (nSPS) is 15.9. The van der Waals surface area contributed by atoms with Crippen molar-refractivity contribution in [2.45, 2.75) is 108 Å². The van der Waals surface area contributed by atoms with Gasteiger partial charge in [0.1, 0.15) is 13.2 Å². The summed E-state index contributed by atoms with van der Waals surface area (Å²) in [4.78, 5) is 2.34. The van der Waals surface area contributed by atoms with Crippen LogP contribution in [0.25, 0.3) is 0 Å². The summed E-state index contributed by atoms with van der Waals surface area (Å²) in [7, 11) is 4.36. The SMILES string of the molecule is Cc1cc(C)cc([B-](c2cc(C)cc(C)c2)(c2cc(C)cc(C)c2)c2cc(C)cc(C)c2)c1.Cc1ccc2c(c1)C(C)(C)C(/C=C/C=C1/N(C)c3ccc(C)cc3C1(C)C)=[N+]2C. The van der Waals surface area contributed by atoms with Crippen LogP contribution in [-0.2, 0) is 10.8 Å². The molecule has 0 N–H and O–H groups in total. The first-order chi connectivity index (χ1) is 29.1. The van der Waals surface area contributed by atoms with Crippen LogP contribution in [0.4, 0.5) is 11.4 Å². The maximum absolute atomic E-state index is 2.42. The van der Waals surface area contributed by atoms with Gasteiger partial charge in [-0.1, -0.05) is 167 Å². The lowest BCUT2D eigenvalue weighted by molar-refractivity contribution is -0.401. The Kier molecular flexibility index (Phi) is 11.9. The van der Waals surface area contributed by atoms with Gasteiger partial charge in [-0.05, 0) is 107 Å². The standard InChI is InChI=1S/C32H36B.C27H33N2/c1-21-9-22(2)14-29(13-21)33(30-15-23(3)10-24(4)16-30,31-17-25(5)11-26(6)18-31)32-19-27(7)12-28(8)20-32;1-18-12-14-22-20(16-18)26(3,4)24(28(22)7)10-9-11-25-27(5,6)21-17-19(2)13-15-23(21)29(25)8/h9-20H,1-8H3;9-17H,1-8H3/q-1;+1. The number of fused-ring (bicyclic) bond motifs is 2. The molecule has 2 nitrogen and oxygen atoms in total. The highest BCUT2D eigenvalue weighted by atomic mass is 15.2. The van der Waals surface area contributed by atoms with Gasteiger partial charge in [-0.25, -0.2) is 0 Å². The first-order valence-corrected chi connectivity index (χ1v) is 22.6. The minimum Gasteiger partial charge on any atom is -0.347 e. The van der Waals surface area contributed by atoms with Crippen LogP contribution in [0.2, 0.25) is 0 Å². The second kappa shape index (κ2) is 16.6. The molecule has 2 aliphatic rings. The van der Waals surface area contributed by atoms with Crippen LogP contribution in [0, 0.1) is 69.2 Å². The minimum atomic E-state index is -1.37. The number of nitrogens with zero attached hydrogens (tertiary/aromatic N) is 2. The lowest BCUT2D eigenvalue weighted by Crippen LogP contribution is -2.75. The molecule has 3 heteroatoms. The van der Waals surface area contributed by atoms with Crippen molar-refractivity contribution in [3.8, 4) is 0 Å². The van der Waals surface area contributed by atoms with Crippen molar-refractivity contribution in [2.75, 3.05) is 19.0 Å². The maximum Gasteiger partial charge on any atom is 0.209 e. The maximum atomic E-state index is 2.42. The Morgan fingerprint density at radius 3 is 1.23 bits per heavy atom. The predicted octanol–water partition coefficient (Wildman–Crippen LogP) is 11.7. The van der Waals surface area contributed by atoms with E-state index >= 15 is 0 Å². The molecule has 0 unspecified atom stereocenters. The summed E-state index contributed by atoms with van der Waals surface area (Å²) in [5.41, 5.74) is 26.9. The molecule has 6 aromatic carbocycles. The number of benzene rings is 6. The van der Waals surface area contributed by atoms with E-state index in [0.29, 0.717) is 0 Å². The lowest BCUT2D eigenvalue weighted by atomic mass is 9.12. The number of hydrogen-bond acceptors (Lipinski definition) is 1. The van der Waals surface area contributed by atoms with Crippen LogP contribution >= 0.6 is 0 Å². The first kappa shape index (κ1) is 44.4. The molecule has 62 heavy (non-hydrogen) atoms. The highest BCUT2D eigenvalue weighted by Crippen LogP contribution is 2.47. The van der Waals surface area contributed by atoms with Crippen LogP contribution in [0.5, 0.6) is 0 Å². The van der Waals surface area contributed by atoms with Crippen LogP contribution in [-0.4, -0.2) is 30.5 Å². The summed E-state index contributed by atoms with van der Waals surface area (Å²) in [6.45, 7) is 31.4. The van der Waals surface area contributed by atoms with Gasteiger partial charge in [-0.2, -0.15) is 26.4 Å². The van der Waals surface area contributed by atoms with Crippen molar-refractivity contribution < 1.29 is 4.58 Å². The molecule has 8 rings (SSSR count). The Bertz CT molecular complexity index is 2530. The first-order valence-electron chi connectivity index (χ1n) is 22.6. The third kappa shape index (κ3) is 8.08. The van der Waals surface area contributed by atoms with E-state index in [4.69, 9.17) is 0 Å². The number of anilines is 1. The van der Waals surface area contributed by atoms with Gasteiger partial charge in [-0.3, -0.25) is 0 Å². The molecule has 0 bridgehead atoms. The van der Waals surface area contributed by atoms with Gasteiger partial charge in [0.2, 0.25) is 5.69 Å². The highest BCUT2D eigenvalue weighted by molar-refractivity contribution is 7.20. The average molecular weight is 817 g/mol. The van der Waals surface area contributed by atoms with E-state index in [1.54, 1.807) is 0 Å². The van der Waals surface area contributed by atoms with Crippen molar-refractivity contribution in [3.63, 3.8) is 0 Å². The summed E-state index contributed by atoms with van der Waals surface area (Å²) in [6.07, 6.45) is 5.45. The van der Waals surface area contributed by atoms with Gasteiger partial charge < -0.3 is 4.90 Å². The number of hydrogen-bond donors (Lipinski definition) is 0. The second-order valence-corrected chi connectivity index (χ2v) is 20.3. The van der Waals surface area contributed by atoms with E-state index in [2.05, 4.69) is 248 Å². The fraction of sp³-hybridized carbons (Fsp3) is 0.305. The molecule has 0 fully saturated rings. The third-order valence-corrected chi connectivity index (χ3v) is 13.9. The Labute approximate surface area is 374 Å². The quantitative estimate of drug-likeness (QED) is 0.120. The van der Waals surface area contributed by atoms with E-state index in [0.717, 1.165) is 0 Å². The van der Waals surface area contributed by atoms with Crippen molar-refractivity contribution in [2.24, 2.45) is 0 Å². The van der Waals surface area contributed by atoms with E-state index in [1.807, 2.05) is 0 Å². The molecule has 318 valence electrons. The van der Waals surface area contributed by atoms with Crippen molar-refractivity contribution in [1.82, 2.24) is 0 Å². The molecule has 0 spiro atoms. The zero-order chi connectivity index (χ0) is 45.1. The Balaban J connectivity index is 0.000000188. The number of rotatable bonds is 6. The topological polar surface area (TPSA) is 6.25 Å². The van der Waals surface area contributed by atoms with E-state index < -0.39 is 6.15 Å². The van der Waals surface area contributed by atoms with Gasteiger partial charge >= 0.3 is 0 Å². The summed E-state index contributed by atoms with van der Waals surface area (Å²) < 4.78 is 2.34. The second-order valence-electron chi connectivity index (χ2n) is 20.3. The predicted molar refractivity (Wildman–Crippen MR) is 273 cm³/mol. The number of likely N-dealkylation sites (N-methyl/N-ethyl adjacent to an activating group) is 1. The Morgan fingerprint density at radius 2 is 0.823 bits per heavy atom. The largest absolute Gasteiger partial charge is 0.347 e. The molecule has 0 atom stereocenters. The summed E-state index contributed by atoms with van der Waals surface area (Å²) in [5.74, 6) is 0. The smallest absolute Gasteiger partial charge is 0.209 e. The van der Waals surface area contributed by atoms with Crippen LogP contribution < -0.4 is 26.8 Å². The molecule has 6 aromatic rings. The number of allylic oxidation sites excluding steroid dienone is 4. The number of aryl methyl sites for hydroxylation is 10. The zero-order valence-corrected chi connectivity index (χ0v) is 40.6.